The molecule has 4 amide bonds. The lowest BCUT2D eigenvalue weighted by atomic mass is 9.81. The number of pyridine rings is 1. The molecule has 4 rings (SSSR count). The van der Waals surface area contributed by atoms with Crippen molar-refractivity contribution in [1.82, 2.24) is 25.2 Å². The van der Waals surface area contributed by atoms with Crippen LogP contribution in [0.5, 0.6) is 0 Å². The van der Waals surface area contributed by atoms with Gasteiger partial charge >= 0.3 is 12.2 Å². The summed E-state index contributed by atoms with van der Waals surface area (Å²) in [5.74, 6) is -2.76. The van der Waals surface area contributed by atoms with E-state index in [-0.39, 0.29) is 18.1 Å². The molecule has 198 valence electrons. The Labute approximate surface area is 211 Å². The molecule has 13 heteroatoms. The molecule has 10 nitrogen and oxygen atoms in total. The summed E-state index contributed by atoms with van der Waals surface area (Å²) < 4.78 is 41.8. The number of nitrogens with one attached hydrogen (secondary N) is 1. The molecular weight excluding hydrogens is 491 g/mol. The smallest absolute Gasteiger partial charge is 0.384 e. The normalized spacial score (nSPS) is 21.2. The molecule has 3 atom stereocenters. The number of imide groups is 1. The van der Waals surface area contributed by atoms with Gasteiger partial charge in [-0.25, -0.2) is 19.7 Å². The molecule has 2 aromatic heterocycles. The van der Waals surface area contributed by atoms with Gasteiger partial charge in [-0.2, -0.15) is 13.2 Å². The van der Waals surface area contributed by atoms with Gasteiger partial charge in [-0.15, -0.1) is 0 Å². The molecule has 0 spiro atoms. The summed E-state index contributed by atoms with van der Waals surface area (Å²) in [6, 6.07) is -0.0639. The number of amides is 4. The SMILES string of the molecule is CN(C(=O)[C@@H]1[C@@H](Cc2ccnc(N)c2)C(=O)N1C(=O)N[C@@H](C1CCCCC1)C(F)(F)F)c1ccncn1. The van der Waals surface area contributed by atoms with Crippen LogP contribution in [0.1, 0.15) is 37.7 Å². The average Bonchev–Trinajstić information content (AvgIpc) is 2.88. The van der Waals surface area contributed by atoms with Gasteiger partial charge in [-0.1, -0.05) is 19.3 Å². The van der Waals surface area contributed by atoms with E-state index in [4.69, 9.17) is 5.73 Å². The second kappa shape index (κ2) is 10.7. The quantitative estimate of drug-likeness (QED) is 0.561. The van der Waals surface area contributed by atoms with Crippen LogP contribution in [0.3, 0.4) is 0 Å². The Bertz CT molecular complexity index is 1140. The molecule has 1 aliphatic carbocycles. The van der Waals surface area contributed by atoms with Crippen LogP contribution in [0, 0.1) is 11.8 Å². The van der Waals surface area contributed by atoms with Crippen molar-refractivity contribution in [1.29, 1.82) is 0 Å². The van der Waals surface area contributed by atoms with Gasteiger partial charge in [0.25, 0.3) is 5.91 Å². The summed E-state index contributed by atoms with van der Waals surface area (Å²) in [5, 5.41) is 2.03. The number of nitrogens with two attached hydrogens (primary N) is 1. The third kappa shape index (κ3) is 5.65. The summed E-state index contributed by atoms with van der Waals surface area (Å²) in [4.78, 5) is 53.2. The van der Waals surface area contributed by atoms with Crippen LogP contribution < -0.4 is 16.0 Å². The molecule has 2 aromatic rings. The minimum absolute atomic E-state index is 0.0503. The van der Waals surface area contributed by atoms with Crippen LogP contribution >= 0.6 is 0 Å². The summed E-state index contributed by atoms with van der Waals surface area (Å²) in [6.45, 7) is 0. The maximum atomic E-state index is 13.9. The topological polar surface area (TPSA) is 134 Å². The first-order valence-corrected chi connectivity index (χ1v) is 12.0. The Morgan fingerprint density at radius 3 is 2.54 bits per heavy atom. The summed E-state index contributed by atoms with van der Waals surface area (Å²) >= 11 is 0. The number of nitrogens with zero attached hydrogens (tertiary/aromatic N) is 5. The molecule has 3 heterocycles. The van der Waals surface area contributed by atoms with Gasteiger partial charge in [0.2, 0.25) is 5.91 Å². The number of nitrogen functional groups attached to an aromatic ring is 1. The van der Waals surface area contributed by atoms with Crippen molar-refractivity contribution in [2.75, 3.05) is 17.7 Å². The van der Waals surface area contributed by atoms with Gasteiger partial charge < -0.3 is 11.1 Å². The highest BCUT2D eigenvalue weighted by molar-refractivity contribution is 6.12. The number of urea groups is 1. The number of carbonyl (C=O) groups excluding carboxylic acids is 3. The molecule has 0 aromatic carbocycles. The summed E-state index contributed by atoms with van der Waals surface area (Å²) in [5.41, 5.74) is 6.32. The number of hydrogen-bond donors (Lipinski definition) is 2. The Balaban J connectivity index is 1.60. The van der Waals surface area contributed by atoms with E-state index in [1.54, 1.807) is 6.07 Å². The van der Waals surface area contributed by atoms with E-state index in [2.05, 4.69) is 15.0 Å². The standard InChI is InChI=1S/C24H28F3N7O3/c1-33(18-8-9-29-13-31-18)22(36)19-16(11-14-7-10-30-17(28)12-14)21(35)34(19)23(37)32-20(24(25,26)27)15-5-3-2-4-6-15/h7-10,12-13,15-16,19-20H,2-6,11H2,1H3,(H2,28,30)(H,32,37)/t16-,19+,20+/m1/s1. The van der Waals surface area contributed by atoms with Crippen LogP contribution in [0.2, 0.25) is 0 Å². The van der Waals surface area contributed by atoms with E-state index < -0.39 is 47.9 Å². The number of rotatable bonds is 6. The molecule has 2 fully saturated rings. The lowest BCUT2D eigenvalue weighted by Gasteiger charge is -2.46. The van der Waals surface area contributed by atoms with Gasteiger partial charge in [0.15, 0.2) is 0 Å². The van der Waals surface area contributed by atoms with Crippen molar-refractivity contribution in [3.8, 4) is 0 Å². The highest BCUT2D eigenvalue weighted by Crippen LogP contribution is 2.37. The zero-order chi connectivity index (χ0) is 26.7. The molecule has 1 saturated carbocycles. The maximum Gasteiger partial charge on any atom is 0.408 e. The first kappa shape index (κ1) is 26.3. The van der Waals surface area contributed by atoms with Gasteiger partial charge in [0.05, 0.1) is 5.92 Å². The van der Waals surface area contributed by atoms with E-state index in [0.29, 0.717) is 36.1 Å². The zero-order valence-electron chi connectivity index (χ0n) is 20.2. The van der Waals surface area contributed by atoms with E-state index in [1.165, 1.54) is 37.9 Å². The van der Waals surface area contributed by atoms with E-state index in [0.717, 1.165) is 11.3 Å². The molecule has 1 saturated heterocycles. The number of alkyl halides is 3. The highest BCUT2D eigenvalue weighted by Gasteiger charge is 2.57. The largest absolute Gasteiger partial charge is 0.408 e. The third-order valence-corrected chi connectivity index (χ3v) is 6.98. The average molecular weight is 520 g/mol. The first-order valence-electron chi connectivity index (χ1n) is 12.0. The fraction of sp³-hybridized carbons (Fsp3) is 0.500. The van der Waals surface area contributed by atoms with E-state index in [9.17, 15) is 27.6 Å². The molecule has 0 bridgehead atoms. The number of likely N-dealkylation sites (N-methyl/N-ethyl adjacent to an activating group) is 1. The number of carbonyl (C=O) groups is 3. The van der Waals surface area contributed by atoms with Crippen molar-refractivity contribution >= 4 is 29.5 Å². The minimum Gasteiger partial charge on any atom is -0.384 e. The Hall–Kier alpha value is -3.77. The Morgan fingerprint density at radius 1 is 1.19 bits per heavy atom. The van der Waals surface area contributed by atoms with Crippen molar-refractivity contribution in [3.63, 3.8) is 0 Å². The molecule has 0 unspecified atom stereocenters. The van der Waals surface area contributed by atoms with Crippen molar-refractivity contribution < 1.29 is 27.6 Å². The summed E-state index contributed by atoms with van der Waals surface area (Å²) in [6.07, 6.45) is 2.20. The Morgan fingerprint density at radius 2 is 1.92 bits per heavy atom. The van der Waals surface area contributed by atoms with Gasteiger partial charge in [0.1, 0.15) is 30.0 Å². The number of halogens is 3. The highest BCUT2D eigenvalue weighted by atomic mass is 19.4. The molecule has 3 N–H and O–H groups in total. The zero-order valence-corrected chi connectivity index (χ0v) is 20.2. The van der Waals surface area contributed by atoms with E-state index >= 15 is 0 Å². The van der Waals surface area contributed by atoms with Gasteiger partial charge in [0, 0.05) is 19.4 Å². The van der Waals surface area contributed by atoms with E-state index in [1.807, 2.05) is 5.32 Å². The molecule has 37 heavy (non-hydrogen) atoms. The fourth-order valence-electron chi connectivity index (χ4n) is 5.06. The lowest BCUT2D eigenvalue weighted by Crippen LogP contribution is -2.71. The fourth-order valence-corrected chi connectivity index (χ4v) is 5.06. The predicted octanol–water partition coefficient (Wildman–Crippen LogP) is 2.71. The number of likely N-dealkylation sites (tertiary alicyclic amines) is 1. The summed E-state index contributed by atoms with van der Waals surface area (Å²) in [7, 11) is 1.41. The van der Waals surface area contributed by atoms with Gasteiger partial charge in [-0.3, -0.25) is 19.4 Å². The van der Waals surface area contributed by atoms with Gasteiger partial charge in [-0.05, 0) is 48.9 Å². The second-order valence-corrected chi connectivity index (χ2v) is 9.38. The van der Waals surface area contributed by atoms with Crippen LogP contribution in [0.25, 0.3) is 0 Å². The van der Waals surface area contributed by atoms with Crippen molar-refractivity contribution in [2.45, 2.75) is 56.8 Å². The van der Waals surface area contributed by atoms with Crippen LogP contribution in [-0.2, 0) is 16.0 Å². The van der Waals surface area contributed by atoms with Crippen molar-refractivity contribution in [2.24, 2.45) is 11.8 Å². The molecule has 2 aliphatic rings. The molecule has 1 aliphatic heterocycles. The monoisotopic (exact) mass is 519 g/mol. The maximum absolute atomic E-state index is 13.9. The lowest BCUT2D eigenvalue weighted by molar-refractivity contribution is -0.170. The van der Waals surface area contributed by atoms with Crippen LogP contribution in [0.15, 0.2) is 36.9 Å². The number of hydrogen-bond acceptors (Lipinski definition) is 7. The molecule has 0 radical (unpaired) electrons. The third-order valence-electron chi connectivity index (χ3n) is 6.98. The number of β-lactam (4-membered cyclic amide) rings is 1. The minimum atomic E-state index is -4.70. The molecular formula is C24H28F3N7O3. The van der Waals surface area contributed by atoms with Crippen molar-refractivity contribution in [3.05, 3.63) is 42.5 Å². The second-order valence-electron chi connectivity index (χ2n) is 9.38. The van der Waals surface area contributed by atoms with Crippen LogP contribution in [0.4, 0.5) is 29.6 Å². The number of aromatic nitrogens is 3. The Kier molecular flexibility index (Phi) is 7.60. The predicted molar refractivity (Wildman–Crippen MR) is 127 cm³/mol. The van der Waals surface area contributed by atoms with Crippen LogP contribution in [-0.4, -0.2) is 63.0 Å². The number of anilines is 2. The first-order chi connectivity index (χ1) is 17.6.